The van der Waals surface area contributed by atoms with E-state index in [9.17, 15) is 18.4 Å². The normalized spacial score (nSPS) is 19.9. The summed E-state index contributed by atoms with van der Waals surface area (Å²) < 4.78 is 30.3. The van der Waals surface area contributed by atoms with E-state index in [1.807, 2.05) is 38.1 Å². The number of hydrogen-bond donors (Lipinski definition) is 3. The number of nitrogens with zero attached hydrogens (tertiary/aromatic N) is 1. The SMILES string of the molecule is Cc1ccc(NC(=O)C2(c3ccccc3C(C)C)CC(NCCC(=O)O)C2)c(OC(F)F)n1. The number of rotatable bonds is 10. The molecule has 0 radical (unpaired) electrons. The number of aromatic nitrogens is 1. The summed E-state index contributed by atoms with van der Waals surface area (Å²) in [4.78, 5) is 28.5. The summed E-state index contributed by atoms with van der Waals surface area (Å²) in [6.45, 7) is 2.97. The van der Waals surface area contributed by atoms with E-state index in [0.29, 0.717) is 25.1 Å². The second-order valence-corrected chi connectivity index (χ2v) is 8.67. The van der Waals surface area contributed by atoms with Gasteiger partial charge in [0.15, 0.2) is 0 Å². The van der Waals surface area contributed by atoms with E-state index in [1.165, 1.54) is 6.07 Å². The van der Waals surface area contributed by atoms with Gasteiger partial charge in [-0.1, -0.05) is 38.1 Å². The minimum absolute atomic E-state index is 0.0123. The number of benzene rings is 1. The maximum atomic E-state index is 13.6. The standard InChI is InChI=1S/C24H29F2N3O4/c1-14(2)17-6-4-5-7-18(17)24(12-16(13-24)27-11-10-20(30)31)22(32)29-19-9-8-15(3)28-21(19)33-23(25)26/h4-9,14,16,23,27H,10-13H2,1-3H3,(H,29,32)(H,30,31). The maximum absolute atomic E-state index is 13.6. The molecule has 1 aliphatic rings. The Morgan fingerprint density at radius 3 is 2.55 bits per heavy atom. The van der Waals surface area contributed by atoms with Crippen molar-refractivity contribution < 1.29 is 28.2 Å². The molecule has 1 amide bonds. The van der Waals surface area contributed by atoms with E-state index in [1.54, 1.807) is 13.0 Å². The van der Waals surface area contributed by atoms with E-state index in [2.05, 4.69) is 20.4 Å². The molecule has 1 aromatic heterocycles. The summed E-state index contributed by atoms with van der Waals surface area (Å²) >= 11 is 0. The Labute approximate surface area is 191 Å². The fraction of sp³-hybridized carbons (Fsp3) is 0.458. The zero-order valence-electron chi connectivity index (χ0n) is 18.9. The number of carboxylic acid groups (broad SMARTS) is 1. The van der Waals surface area contributed by atoms with Gasteiger partial charge in [0, 0.05) is 18.3 Å². The second-order valence-electron chi connectivity index (χ2n) is 8.67. The number of carbonyl (C=O) groups is 2. The molecule has 1 aromatic carbocycles. The number of alkyl halides is 2. The predicted octanol–water partition coefficient (Wildman–Crippen LogP) is 4.22. The van der Waals surface area contributed by atoms with Crippen LogP contribution >= 0.6 is 0 Å². The zero-order valence-corrected chi connectivity index (χ0v) is 18.9. The van der Waals surface area contributed by atoms with Gasteiger partial charge in [0.25, 0.3) is 0 Å². The molecule has 0 unspecified atom stereocenters. The van der Waals surface area contributed by atoms with Crippen LogP contribution in [0.1, 0.15) is 55.8 Å². The molecule has 0 bridgehead atoms. The van der Waals surface area contributed by atoms with Crippen molar-refractivity contribution in [3.05, 3.63) is 53.2 Å². The number of hydrogen-bond acceptors (Lipinski definition) is 5. The molecule has 9 heteroatoms. The molecule has 3 rings (SSSR count). The lowest BCUT2D eigenvalue weighted by Crippen LogP contribution is -2.58. The molecule has 0 aliphatic heterocycles. The van der Waals surface area contributed by atoms with Crippen LogP contribution in [0.3, 0.4) is 0 Å². The third kappa shape index (κ3) is 5.65. The molecule has 1 aliphatic carbocycles. The molecule has 0 atom stereocenters. The minimum atomic E-state index is -3.07. The quantitative estimate of drug-likeness (QED) is 0.490. The van der Waals surface area contributed by atoms with Gasteiger partial charge in [0.1, 0.15) is 5.69 Å². The van der Waals surface area contributed by atoms with Crippen LogP contribution in [0.5, 0.6) is 5.88 Å². The number of carboxylic acids is 1. The van der Waals surface area contributed by atoms with Gasteiger partial charge in [0.05, 0.1) is 11.8 Å². The molecule has 1 saturated carbocycles. The Morgan fingerprint density at radius 2 is 1.91 bits per heavy atom. The Kier molecular flexibility index (Phi) is 7.63. The molecular formula is C24H29F2N3O4. The molecule has 3 N–H and O–H groups in total. The number of amides is 1. The van der Waals surface area contributed by atoms with Crippen molar-refractivity contribution in [3.63, 3.8) is 0 Å². The van der Waals surface area contributed by atoms with Crippen molar-refractivity contribution in [3.8, 4) is 5.88 Å². The van der Waals surface area contributed by atoms with Gasteiger partial charge in [-0.2, -0.15) is 8.78 Å². The lowest BCUT2D eigenvalue weighted by atomic mass is 9.59. The lowest BCUT2D eigenvalue weighted by molar-refractivity contribution is -0.137. The molecule has 1 fully saturated rings. The van der Waals surface area contributed by atoms with Crippen molar-refractivity contribution in [1.82, 2.24) is 10.3 Å². The molecule has 33 heavy (non-hydrogen) atoms. The fourth-order valence-electron chi connectivity index (χ4n) is 4.32. The van der Waals surface area contributed by atoms with Crippen molar-refractivity contribution >= 4 is 17.6 Å². The van der Waals surface area contributed by atoms with E-state index in [0.717, 1.165) is 11.1 Å². The average Bonchev–Trinajstić information content (AvgIpc) is 2.71. The number of ether oxygens (including phenoxy) is 1. The van der Waals surface area contributed by atoms with Gasteiger partial charge < -0.3 is 20.5 Å². The smallest absolute Gasteiger partial charge is 0.388 e. The highest BCUT2D eigenvalue weighted by atomic mass is 19.3. The first kappa shape index (κ1) is 24.6. The predicted molar refractivity (Wildman–Crippen MR) is 120 cm³/mol. The van der Waals surface area contributed by atoms with Crippen molar-refractivity contribution in [1.29, 1.82) is 0 Å². The van der Waals surface area contributed by atoms with Crippen LogP contribution in [0.25, 0.3) is 0 Å². The molecule has 1 heterocycles. The Morgan fingerprint density at radius 1 is 1.21 bits per heavy atom. The summed E-state index contributed by atoms with van der Waals surface area (Å²) in [6.07, 6.45) is 0.890. The number of nitrogens with one attached hydrogen (secondary N) is 2. The molecule has 7 nitrogen and oxygen atoms in total. The number of anilines is 1. The monoisotopic (exact) mass is 461 g/mol. The summed E-state index contributed by atoms with van der Waals surface area (Å²) in [7, 11) is 0. The average molecular weight is 462 g/mol. The minimum Gasteiger partial charge on any atom is -0.481 e. The van der Waals surface area contributed by atoms with Gasteiger partial charge in [-0.3, -0.25) is 9.59 Å². The van der Waals surface area contributed by atoms with Crippen LogP contribution in [0, 0.1) is 6.92 Å². The second kappa shape index (κ2) is 10.2. The molecule has 0 saturated heterocycles. The first-order chi connectivity index (χ1) is 15.6. The van der Waals surface area contributed by atoms with E-state index in [-0.39, 0.29) is 35.9 Å². The summed E-state index contributed by atoms with van der Waals surface area (Å²) in [5.74, 6) is -1.39. The molecule has 178 valence electrons. The Hall–Kier alpha value is -3.07. The lowest BCUT2D eigenvalue weighted by Gasteiger charge is -2.48. The van der Waals surface area contributed by atoms with Crippen LogP contribution < -0.4 is 15.4 Å². The Bertz CT molecular complexity index is 1010. The number of halogens is 2. The van der Waals surface area contributed by atoms with Crippen LogP contribution in [0.15, 0.2) is 36.4 Å². The first-order valence-corrected chi connectivity index (χ1v) is 10.9. The van der Waals surface area contributed by atoms with Gasteiger partial charge in [-0.15, -0.1) is 0 Å². The topological polar surface area (TPSA) is 101 Å². The zero-order chi connectivity index (χ0) is 24.2. The highest BCUT2D eigenvalue weighted by Gasteiger charge is 2.52. The van der Waals surface area contributed by atoms with E-state index < -0.39 is 18.0 Å². The van der Waals surface area contributed by atoms with Gasteiger partial charge in [0.2, 0.25) is 11.8 Å². The number of pyridine rings is 1. The maximum Gasteiger partial charge on any atom is 0.388 e. The van der Waals surface area contributed by atoms with Crippen molar-refractivity contribution in [2.24, 2.45) is 0 Å². The third-order valence-electron chi connectivity index (χ3n) is 5.94. The van der Waals surface area contributed by atoms with Gasteiger partial charge in [-0.25, -0.2) is 4.98 Å². The molecule has 0 spiro atoms. The van der Waals surface area contributed by atoms with Crippen LogP contribution in [-0.2, 0) is 15.0 Å². The van der Waals surface area contributed by atoms with Gasteiger partial charge >= 0.3 is 12.6 Å². The van der Waals surface area contributed by atoms with Crippen molar-refractivity contribution in [2.75, 3.05) is 11.9 Å². The summed E-state index contributed by atoms with van der Waals surface area (Å²) in [6, 6.07) is 10.8. The summed E-state index contributed by atoms with van der Waals surface area (Å²) in [5, 5.41) is 14.8. The number of aryl methyl sites for hydroxylation is 1. The van der Waals surface area contributed by atoms with Crippen LogP contribution in [0.4, 0.5) is 14.5 Å². The first-order valence-electron chi connectivity index (χ1n) is 10.9. The third-order valence-corrected chi connectivity index (χ3v) is 5.94. The Balaban J connectivity index is 1.90. The van der Waals surface area contributed by atoms with Crippen molar-refractivity contribution in [2.45, 2.75) is 64.0 Å². The molecule has 2 aromatic rings. The number of carbonyl (C=O) groups excluding carboxylic acids is 1. The van der Waals surface area contributed by atoms with Crippen LogP contribution in [0.2, 0.25) is 0 Å². The molecular weight excluding hydrogens is 432 g/mol. The van der Waals surface area contributed by atoms with Gasteiger partial charge in [-0.05, 0) is 48.9 Å². The van der Waals surface area contributed by atoms with E-state index >= 15 is 0 Å². The fourth-order valence-corrected chi connectivity index (χ4v) is 4.32. The van der Waals surface area contributed by atoms with E-state index in [4.69, 9.17) is 5.11 Å². The number of aliphatic carboxylic acids is 1. The largest absolute Gasteiger partial charge is 0.481 e. The highest BCUT2D eigenvalue weighted by Crippen LogP contribution is 2.47. The summed E-state index contributed by atoms with van der Waals surface area (Å²) in [5.41, 5.74) is 1.58. The highest BCUT2D eigenvalue weighted by molar-refractivity contribution is 6.01. The van der Waals surface area contributed by atoms with Crippen LogP contribution in [-0.4, -0.2) is 41.2 Å².